The predicted octanol–water partition coefficient (Wildman–Crippen LogP) is 1.75. The van der Waals surface area contributed by atoms with Crippen LogP contribution in [0, 0.1) is 6.92 Å². The topological polar surface area (TPSA) is 55.0 Å². The Kier molecular flexibility index (Phi) is 3.94. The highest BCUT2D eigenvalue weighted by Gasteiger charge is 2.16. The van der Waals surface area contributed by atoms with Crippen molar-refractivity contribution in [1.82, 2.24) is 9.97 Å². The van der Waals surface area contributed by atoms with Gasteiger partial charge < -0.3 is 9.72 Å². The van der Waals surface area contributed by atoms with Gasteiger partial charge in [-0.2, -0.15) is 0 Å². The SMILES string of the molecule is CCc1nc(CC2CCCCO2)[nH]c(=O)c1C. The predicted molar refractivity (Wildman–Crippen MR) is 66.3 cm³/mol. The minimum atomic E-state index is -0.0114. The van der Waals surface area contributed by atoms with Crippen LogP contribution in [-0.4, -0.2) is 22.7 Å². The number of H-pyrrole nitrogens is 1. The van der Waals surface area contributed by atoms with Crippen LogP contribution in [0.4, 0.5) is 0 Å². The highest BCUT2D eigenvalue weighted by molar-refractivity contribution is 5.16. The molecule has 1 aromatic rings. The molecule has 1 atom stereocenters. The number of nitrogens with zero attached hydrogens (tertiary/aromatic N) is 1. The van der Waals surface area contributed by atoms with E-state index >= 15 is 0 Å². The monoisotopic (exact) mass is 236 g/mol. The standard InChI is InChI=1S/C13H20N2O2/c1-3-11-9(2)13(16)15-12(14-11)8-10-6-4-5-7-17-10/h10H,3-8H2,1-2H3,(H,14,15,16). The highest BCUT2D eigenvalue weighted by Crippen LogP contribution is 2.15. The Morgan fingerprint density at radius 2 is 2.29 bits per heavy atom. The van der Waals surface area contributed by atoms with Crippen molar-refractivity contribution in [2.75, 3.05) is 6.61 Å². The summed E-state index contributed by atoms with van der Waals surface area (Å²) in [6, 6.07) is 0. The zero-order chi connectivity index (χ0) is 12.3. The summed E-state index contributed by atoms with van der Waals surface area (Å²) in [7, 11) is 0. The number of rotatable bonds is 3. The van der Waals surface area contributed by atoms with Crippen molar-refractivity contribution in [1.29, 1.82) is 0 Å². The Hall–Kier alpha value is -1.16. The van der Waals surface area contributed by atoms with Gasteiger partial charge in [-0.1, -0.05) is 6.92 Å². The molecule has 4 nitrogen and oxygen atoms in total. The summed E-state index contributed by atoms with van der Waals surface area (Å²) in [5.74, 6) is 0.768. The van der Waals surface area contributed by atoms with Crippen LogP contribution in [0.2, 0.25) is 0 Å². The third-order valence-corrected chi connectivity index (χ3v) is 3.33. The lowest BCUT2D eigenvalue weighted by Gasteiger charge is -2.22. The van der Waals surface area contributed by atoms with E-state index in [0.717, 1.165) is 49.4 Å². The van der Waals surface area contributed by atoms with Crippen LogP contribution < -0.4 is 5.56 Å². The molecule has 0 aliphatic carbocycles. The number of aromatic nitrogens is 2. The third-order valence-electron chi connectivity index (χ3n) is 3.33. The largest absolute Gasteiger partial charge is 0.378 e. The van der Waals surface area contributed by atoms with Crippen LogP contribution in [0.1, 0.15) is 43.3 Å². The molecule has 0 radical (unpaired) electrons. The first-order valence-electron chi connectivity index (χ1n) is 6.41. The Morgan fingerprint density at radius 1 is 1.47 bits per heavy atom. The van der Waals surface area contributed by atoms with E-state index in [-0.39, 0.29) is 11.7 Å². The van der Waals surface area contributed by atoms with Gasteiger partial charge in [0.15, 0.2) is 0 Å². The lowest BCUT2D eigenvalue weighted by Crippen LogP contribution is -2.25. The van der Waals surface area contributed by atoms with Crippen molar-refractivity contribution >= 4 is 0 Å². The quantitative estimate of drug-likeness (QED) is 0.870. The lowest BCUT2D eigenvalue weighted by molar-refractivity contribution is 0.0156. The number of aromatic amines is 1. The third kappa shape index (κ3) is 2.94. The van der Waals surface area contributed by atoms with Gasteiger partial charge in [-0.25, -0.2) is 4.98 Å². The smallest absolute Gasteiger partial charge is 0.254 e. The Morgan fingerprint density at radius 3 is 2.94 bits per heavy atom. The maximum Gasteiger partial charge on any atom is 0.254 e. The molecule has 1 aromatic heterocycles. The fourth-order valence-corrected chi connectivity index (χ4v) is 2.26. The molecular formula is C13H20N2O2. The maximum absolute atomic E-state index is 11.7. The molecule has 1 fully saturated rings. The second-order valence-corrected chi connectivity index (χ2v) is 4.63. The van der Waals surface area contributed by atoms with Gasteiger partial charge >= 0.3 is 0 Å². The minimum absolute atomic E-state index is 0.0114. The van der Waals surface area contributed by atoms with Crippen molar-refractivity contribution in [3.05, 3.63) is 27.4 Å². The van der Waals surface area contributed by atoms with Crippen molar-refractivity contribution in [3.63, 3.8) is 0 Å². The molecule has 1 saturated heterocycles. The average molecular weight is 236 g/mol. The number of ether oxygens (including phenoxy) is 1. The van der Waals surface area contributed by atoms with Gasteiger partial charge in [0.05, 0.1) is 11.8 Å². The first-order valence-corrected chi connectivity index (χ1v) is 6.41. The van der Waals surface area contributed by atoms with Crippen LogP contribution in [0.15, 0.2) is 4.79 Å². The van der Waals surface area contributed by atoms with Gasteiger partial charge in [-0.3, -0.25) is 4.79 Å². The molecule has 17 heavy (non-hydrogen) atoms. The summed E-state index contributed by atoms with van der Waals surface area (Å²) < 4.78 is 5.66. The van der Waals surface area contributed by atoms with E-state index in [1.54, 1.807) is 0 Å². The second kappa shape index (κ2) is 5.45. The summed E-state index contributed by atoms with van der Waals surface area (Å²) in [5.41, 5.74) is 1.63. The molecule has 1 aliphatic rings. The van der Waals surface area contributed by atoms with E-state index in [0.29, 0.717) is 0 Å². The Labute approximate surface area is 101 Å². The van der Waals surface area contributed by atoms with Crippen LogP contribution in [0.25, 0.3) is 0 Å². The van der Waals surface area contributed by atoms with Crippen LogP contribution in [0.5, 0.6) is 0 Å². The van der Waals surface area contributed by atoms with Crippen LogP contribution >= 0.6 is 0 Å². The van der Waals surface area contributed by atoms with E-state index in [2.05, 4.69) is 9.97 Å². The van der Waals surface area contributed by atoms with Crippen molar-refractivity contribution in [2.45, 2.75) is 52.1 Å². The molecule has 2 heterocycles. The highest BCUT2D eigenvalue weighted by atomic mass is 16.5. The number of hydrogen-bond donors (Lipinski definition) is 1. The van der Waals surface area contributed by atoms with E-state index in [1.165, 1.54) is 6.42 Å². The van der Waals surface area contributed by atoms with Gasteiger partial charge in [0.1, 0.15) is 5.82 Å². The Balaban J connectivity index is 2.15. The van der Waals surface area contributed by atoms with E-state index in [4.69, 9.17) is 4.74 Å². The molecule has 94 valence electrons. The van der Waals surface area contributed by atoms with E-state index < -0.39 is 0 Å². The van der Waals surface area contributed by atoms with Crippen molar-refractivity contribution in [2.24, 2.45) is 0 Å². The lowest BCUT2D eigenvalue weighted by atomic mass is 10.1. The summed E-state index contributed by atoms with van der Waals surface area (Å²) >= 11 is 0. The minimum Gasteiger partial charge on any atom is -0.378 e. The Bertz CT molecular complexity index is 434. The fraction of sp³-hybridized carbons (Fsp3) is 0.692. The molecule has 0 aromatic carbocycles. The fourth-order valence-electron chi connectivity index (χ4n) is 2.26. The molecule has 1 unspecified atom stereocenters. The molecule has 1 aliphatic heterocycles. The van der Waals surface area contributed by atoms with Crippen molar-refractivity contribution < 1.29 is 4.74 Å². The zero-order valence-corrected chi connectivity index (χ0v) is 10.6. The second-order valence-electron chi connectivity index (χ2n) is 4.63. The van der Waals surface area contributed by atoms with E-state index in [1.807, 2.05) is 13.8 Å². The summed E-state index contributed by atoms with van der Waals surface area (Å²) in [4.78, 5) is 19.1. The molecular weight excluding hydrogens is 216 g/mol. The summed E-state index contributed by atoms with van der Waals surface area (Å²) in [6.45, 7) is 4.68. The van der Waals surface area contributed by atoms with Crippen LogP contribution in [-0.2, 0) is 17.6 Å². The normalized spacial score (nSPS) is 20.5. The summed E-state index contributed by atoms with van der Waals surface area (Å²) in [5, 5.41) is 0. The summed E-state index contributed by atoms with van der Waals surface area (Å²) in [6.07, 6.45) is 5.17. The molecule has 1 N–H and O–H groups in total. The number of hydrogen-bond acceptors (Lipinski definition) is 3. The van der Waals surface area contributed by atoms with E-state index in [9.17, 15) is 4.79 Å². The van der Waals surface area contributed by atoms with Gasteiger partial charge in [-0.15, -0.1) is 0 Å². The zero-order valence-electron chi connectivity index (χ0n) is 10.6. The molecule has 4 heteroatoms. The first-order chi connectivity index (χ1) is 8.20. The van der Waals surface area contributed by atoms with Crippen LogP contribution in [0.3, 0.4) is 0 Å². The molecule has 2 rings (SSSR count). The number of aryl methyl sites for hydroxylation is 1. The van der Waals surface area contributed by atoms with Gasteiger partial charge in [-0.05, 0) is 32.6 Å². The molecule has 0 saturated carbocycles. The molecule has 0 bridgehead atoms. The van der Waals surface area contributed by atoms with Gasteiger partial charge in [0, 0.05) is 18.6 Å². The maximum atomic E-state index is 11.7. The molecule has 0 amide bonds. The van der Waals surface area contributed by atoms with Gasteiger partial charge in [0.2, 0.25) is 0 Å². The van der Waals surface area contributed by atoms with Gasteiger partial charge in [0.25, 0.3) is 5.56 Å². The average Bonchev–Trinajstić information content (AvgIpc) is 2.35. The van der Waals surface area contributed by atoms with Crippen molar-refractivity contribution in [3.8, 4) is 0 Å². The number of nitrogens with one attached hydrogen (secondary N) is 1. The first kappa shape index (κ1) is 12.3. The molecule has 0 spiro atoms.